The molecule has 0 bridgehead atoms. The number of rotatable bonds is 4. The molecule has 26 heavy (non-hydrogen) atoms. The van der Waals surface area contributed by atoms with Crippen molar-refractivity contribution in [3.05, 3.63) is 66.7 Å². The second-order valence-corrected chi connectivity index (χ2v) is 6.30. The summed E-state index contributed by atoms with van der Waals surface area (Å²) in [7, 11) is 0. The molecule has 0 radical (unpaired) electrons. The molecule has 1 aliphatic rings. The van der Waals surface area contributed by atoms with Crippen molar-refractivity contribution in [3.8, 4) is 5.82 Å². The number of nitrogens with zero attached hydrogens (tertiary/aromatic N) is 5. The van der Waals surface area contributed by atoms with Crippen LogP contribution in [0, 0.1) is 0 Å². The Bertz CT molecular complexity index is 848. The van der Waals surface area contributed by atoms with Crippen molar-refractivity contribution < 1.29 is 4.79 Å². The van der Waals surface area contributed by atoms with E-state index in [2.05, 4.69) is 25.3 Å². The van der Waals surface area contributed by atoms with Crippen LogP contribution in [0.4, 0.5) is 5.82 Å². The minimum absolute atomic E-state index is 0.0996. The molecule has 7 nitrogen and oxygen atoms in total. The van der Waals surface area contributed by atoms with Crippen molar-refractivity contribution >= 4 is 11.7 Å². The molecule has 1 saturated heterocycles. The maximum atomic E-state index is 12.5. The molecule has 1 N–H and O–H groups in total. The van der Waals surface area contributed by atoms with Gasteiger partial charge in [0.2, 0.25) is 0 Å². The number of piperidine rings is 1. The van der Waals surface area contributed by atoms with E-state index in [1.165, 1.54) is 0 Å². The summed E-state index contributed by atoms with van der Waals surface area (Å²) >= 11 is 0. The Morgan fingerprint density at radius 2 is 2.04 bits per heavy atom. The fourth-order valence-electron chi connectivity index (χ4n) is 3.17. The van der Waals surface area contributed by atoms with Crippen LogP contribution in [-0.2, 0) is 0 Å². The number of amides is 1. The molecule has 1 amide bonds. The fourth-order valence-corrected chi connectivity index (χ4v) is 3.17. The van der Waals surface area contributed by atoms with Crippen molar-refractivity contribution in [1.82, 2.24) is 25.1 Å². The van der Waals surface area contributed by atoms with E-state index in [1.54, 1.807) is 35.4 Å². The molecule has 3 aromatic heterocycles. The molecule has 1 atom stereocenters. The van der Waals surface area contributed by atoms with Gasteiger partial charge < -0.3 is 10.2 Å². The second-order valence-electron chi connectivity index (χ2n) is 6.30. The van der Waals surface area contributed by atoms with Gasteiger partial charge in [-0.15, -0.1) is 0 Å². The number of pyridine rings is 2. The topological polar surface area (TPSA) is 75.9 Å². The number of hydrogen-bond donors (Lipinski definition) is 1. The summed E-state index contributed by atoms with van der Waals surface area (Å²) in [6, 6.07) is 11.4. The number of anilines is 1. The van der Waals surface area contributed by atoms with Gasteiger partial charge in [-0.05, 0) is 43.2 Å². The zero-order chi connectivity index (χ0) is 17.8. The molecular weight excluding hydrogens is 328 g/mol. The molecule has 1 aliphatic heterocycles. The molecule has 0 aromatic carbocycles. The third-order valence-corrected chi connectivity index (χ3v) is 4.48. The first-order valence-electron chi connectivity index (χ1n) is 8.72. The van der Waals surface area contributed by atoms with E-state index in [9.17, 15) is 4.79 Å². The third kappa shape index (κ3) is 3.56. The Hall–Kier alpha value is -3.22. The smallest absolute Gasteiger partial charge is 0.253 e. The molecule has 3 aromatic rings. The van der Waals surface area contributed by atoms with Gasteiger partial charge in [-0.3, -0.25) is 4.79 Å². The zero-order valence-corrected chi connectivity index (χ0v) is 14.3. The van der Waals surface area contributed by atoms with Gasteiger partial charge in [0.1, 0.15) is 5.82 Å². The average molecular weight is 348 g/mol. The van der Waals surface area contributed by atoms with Crippen LogP contribution in [0.3, 0.4) is 0 Å². The molecule has 0 aliphatic carbocycles. The van der Waals surface area contributed by atoms with Crippen LogP contribution >= 0.6 is 0 Å². The van der Waals surface area contributed by atoms with Gasteiger partial charge in [0.05, 0.1) is 5.56 Å². The molecule has 4 heterocycles. The van der Waals surface area contributed by atoms with Gasteiger partial charge in [-0.25, -0.2) is 14.6 Å². The van der Waals surface area contributed by atoms with Crippen LogP contribution in [0.5, 0.6) is 0 Å². The molecule has 7 heteroatoms. The summed E-state index contributed by atoms with van der Waals surface area (Å²) in [5, 5.41) is 7.25. The molecule has 0 spiro atoms. The van der Waals surface area contributed by atoms with Crippen molar-refractivity contribution in [2.75, 3.05) is 18.0 Å². The van der Waals surface area contributed by atoms with E-state index in [4.69, 9.17) is 0 Å². The number of carbonyl (C=O) groups is 1. The van der Waals surface area contributed by atoms with Crippen molar-refractivity contribution in [1.29, 1.82) is 0 Å². The van der Waals surface area contributed by atoms with Gasteiger partial charge in [-0.2, -0.15) is 5.10 Å². The Balaban J connectivity index is 1.39. The van der Waals surface area contributed by atoms with Gasteiger partial charge in [0.25, 0.3) is 5.91 Å². The molecule has 1 fully saturated rings. The molecule has 4 rings (SSSR count). The summed E-state index contributed by atoms with van der Waals surface area (Å²) in [4.78, 5) is 23.5. The number of hydrogen-bond acceptors (Lipinski definition) is 5. The van der Waals surface area contributed by atoms with Gasteiger partial charge in [0, 0.05) is 43.9 Å². The van der Waals surface area contributed by atoms with Gasteiger partial charge in [0.15, 0.2) is 5.82 Å². The van der Waals surface area contributed by atoms with Crippen molar-refractivity contribution in [2.45, 2.75) is 18.9 Å². The van der Waals surface area contributed by atoms with E-state index in [1.807, 2.05) is 30.5 Å². The molecule has 0 saturated carbocycles. The van der Waals surface area contributed by atoms with Crippen LogP contribution in [-0.4, -0.2) is 44.8 Å². The standard InChI is InChI=1S/C19H20N6O/c26-19(15-7-8-18(21-13-15)25-12-4-10-22-25)23-16-5-3-11-24(14-16)17-6-1-2-9-20-17/h1-2,4,6-10,12-13,16H,3,5,11,14H2,(H,23,26). The molecular formula is C19H20N6O. The molecule has 132 valence electrons. The summed E-state index contributed by atoms with van der Waals surface area (Å²) in [6.45, 7) is 1.73. The van der Waals surface area contributed by atoms with Crippen molar-refractivity contribution in [2.24, 2.45) is 0 Å². The Morgan fingerprint density at radius 3 is 2.77 bits per heavy atom. The first-order valence-corrected chi connectivity index (χ1v) is 8.72. The highest BCUT2D eigenvalue weighted by Gasteiger charge is 2.22. The van der Waals surface area contributed by atoms with Gasteiger partial charge in [-0.1, -0.05) is 6.07 Å². The maximum Gasteiger partial charge on any atom is 0.253 e. The average Bonchev–Trinajstić information content (AvgIpc) is 3.24. The SMILES string of the molecule is O=C(NC1CCCN(c2ccccn2)C1)c1ccc(-n2cccn2)nc1. The van der Waals surface area contributed by atoms with Crippen LogP contribution in [0.25, 0.3) is 5.82 Å². The Morgan fingerprint density at radius 1 is 1.08 bits per heavy atom. The normalized spacial score (nSPS) is 17.1. The van der Waals surface area contributed by atoms with E-state index in [0.29, 0.717) is 11.4 Å². The lowest BCUT2D eigenvalue weighted by atomic mass is 10.1. The number of aromatic nitrogens is 4. The number of carbonyl (C=O) groups excluding carboxylic acids is 1. The number of nitrogens with one attached hydrogen (secondary N) is 1. The zero-order valence-electron chi connectivity index (χ0n) is 14.3. The van der Waals surface area contributed by atoms with Crippen LogP contribution in [0.2, 0.25) is 0 Å². The highest BCUT2D eigenvalue weighted by atomic mass is 16.1. The lowest BCUT2D eigenvalue weighted by Crippen LogP contribution is -2.48. The van der Waals surface area contributed by atoms with E-state index in [0.717, 1.165) is 31.7 Å². The van der Waals surface area contributed by atoms with E-state index >= 15 is 0 Å². The highest BCUT2D eigenvalue weighted by molar-refractivity contribution is 5.94. The molecule has 1 unspecified atom stereocenters. The quantitative estimate of drug-likeness (QED) is 0.781. The van der Waals surface area contributed by atoms with E-state index < -0.39 is 0 Å². The predicted octanol–water partition coefficient (Wildman–Crippen LogP) is 2.06. The lowest BCUT2D eigenvalue weighted by molar-refractivity contribution is 0.0932. The predicted molar refractivity (Wildman–Crippen MR) is 98.3 cm³/mol. The Kier molecular flexibility index (Phi) is 4.59. The Labute approximate surface area is 151 Å². The minimum Gasteiger partial charge on any atom is -0.355 e. The van der Waals surface area contributed by atoms with Crippen LogP contribution in [0.15, 0.2) is 61.2 Å². The largest absolute Gasteiger partial charge is 0.355 e. The summed E-state index contributed by atoms with van der Waals surface area (Å²) in [5.41, 5.74) is 0.552. The summed E-state index contributed by atoms with van der Waals surface area (Å²) < 4.78 is 1.66. The van der Waals surface area contributed by atoms with Crippen LogP contribution < -0.4 is 10.2 Å². The second kappa shape index (κ2) is 7.35. The summed E-state index contributed by atoms with van der Waals surface area (Å²) in [6.07, 6.45) is 8.89. The first-order chi connectivity index (χ1) is 12.8. The fraction of sp³-hybridized carbons (Fsp3) is 0.263. The monoisotopic (exact) mass is 348 g/mol. The van der Waals surface area contributed by atoms with Gasteiger partial charge >= 0.3 is 0 Å². The highest BCUT2D eigenvalue weighted by Crippen LogP contribution is 2.17. The third-order valence-electron chi connectivity index (χ3n) is 4.48. The minimum atomic E-state index is -0.0996. The summed E-state index contributed by atoms with van der Waals surface area (Å²) in [5.74, 6) is 1.54. The lowest BCUT2D eigenvalue weighted by Gasteiger charge is -2.33. The van der Waals surface area contributed by atoms with Crippen LogP contribution in [0.1, 0.15) is 23.2 Å². The first kappa shape index (κ1) is 16.3. The maximum absolute atomic E-state index is 12.5. The van der Waals surface area contributed by atoms with Crippen molar-refractivity contribution in [3.63, 3.8) is 0 Å². The van der Waals surface area contributed by atoms with E-state index in [-0.39, 0.29) is 11.9 Å².